The van der Waals surface area contributed by atoms with Crippen LogP contribution < -0.4 is 9.05 Å². The molecule has 0 fully saturated rings. The zero-order valence-electron chi connectivity index (χ0n) is 20.7. The molecule has 0 aliphatic rings. The topological polar surface area (TPSA) is 116 Å². The van der Waals surface area contributed by atoms with Gasteiger partial charge in [0.1, 0.15) is 11.5 Å². The number of aliphatic carboxylic acids is 1. The average Bonchev–Trinajstić information content (AvgIpc) is 2.94. The molecule has 4 aromatic rings. The lowest BCUT2D eigenvalue weighted by Crippen LogP contribution is -2.21. The molecule has 0 amide bonds. The van der Waals surface area contributed by atoms with Crippen LogP contribution in [0.15, 0.2) is 115 Å². The Kier molecular flexibility index (Phi) is 8.40. The number of hydrogen-bond donors (Lipinski definition) is 1. The van der Waals surface area contributed by atoms with Gasteiger partial charge >= 0.3 is 19.2 Å². The van der Waals surface area contributed by atoms with Gasteiger partial charge in [0.25, 0.3) is 5.69 Å². The van der Waals surface area contributed by atoms with Gasteiger partial charge in [-0.15, -0.1) is 0 Å². The van der Waals surface area contributed by atoms with Crippen molar-refractivity contribution in [1.29, 1.82) is 0 Å². The van der Waals surface area contributed by atoms with E-state index in [1.165, 1.54) is 84.9 Å². The number of para-hydroxylation sites is 2. The summed E-state index contributed by atoms with van der Waals surface area (Å²) in [5.74, 6) is -1.41. The second kappa shape index (κ2) is 11.9. The molecular weight excluding hydrogens is 543 g/mol. The highest BCUT2D eigenvalue weighted by Gasteiger charge is 2.58. The summed E-state index contributed by atoms with van der Waals surface area (Å²) in [5, 5.41) is 20.3. The number of nitro benzene ring substituents is 1. The van der Waals surface area contributed by atoms with Gasteiger partial charge in [0.05, 0.1) is 4.92 Å². The normalized spacial score (nSPS) is 12.0. The molecule has 11 heteroatoms. The molecule has 0 saturated carbocycles. The molecule has 204 valence electrons. The number of carboxylic acids is 1. The number of alkyl halides is 2. The minimum absolute atomic E-state index is 0.0623. The standard InChI is InChI=1S/C29H22F2NO7P/c30-29(31,40(37,38-26-7-3-1-4-8-26)39-27-9-5-2-6-10-27)24-15-13-22(14-16-24)23(20-28(33)34)19-21-11-17-25(18-12-21)32(35)36/h1-18,20H,19H2,(H,33,34)/b23-20-. The van der Waals surface area contributed by atoms with Crippen LogP contribution in [0.3, 0.4) is 0 Å². The maximum absolute atomic E-state index is 15.9. The minimum Gasteiger partial charge on any atom is -0.478 e. The average molecular weight is 565 g/mol. The lowest BCUT2D eigenvalue weighted by atomic mass is 9.96. The van der Waals surface area contributed by atoms with Gasteiger partial charge in [-0.1, -0.05) is 72.8 Å². The number of hydrogen-bond acceptors (Lipinski definition) is 6. The summed E-state index contributed by atoms with van der Waals surface area (Å²) in [6, 6.07) is 25.1. The van der Waals surface area contributed by atoms with Crippen molar-refractivity contribution < 1.29 is 37.2 Å². The van der Waals surface area contributed by atoms with Gasteiger partial charge in [0.15, 0.2) is 0 Å². The molecule has 0 heterocycles. The molecule has 40 heavy (non-hydrogen) atoms. The van der Waals surface area contributed by atoms with E-state index in [9.17, 15) is 24.6 Å². The van der Waals surface area contributed by atoms with Crippen molar-refractivity contribution in [2.24, 2.45) is 0 Å². The molecule has 8 nitrogen and oxygen atoms in total. The highest BCUT2D eigenvalue weighted by atomic mass is 31.2. The number of carboxylic acid groups (broad SMARTS) is 1. The van der Waals surface area contributed by atoms with E-state index in [0.717, 1.165) is 18.2 Å². The Hall–Kier alpha value is -4.82. The SMILES string of the molecule is O=C(O)/C=C(/Cc1ccc([N+](=O)[O-])cc1)c1ccc(C(F)(F)P(=O)(Oc2ccccc2)Oc2ccccc2)cc1. The van der Waals surface area contributed by atoms with Crippen LogP contribution in [0, 0.1) is 10.1 Å². The number of halogens is 2. The number of carbonyl (C=O) groups is 1. The van der Waals surface area contributed by atoms with E-state index in [4.69, 9.17) is 9.05 Å². The van der Waals surface area contributed by atoms with Crippen LogP contribution in [0.5, 0.6) is 11.5 Å². The van der Waals surface area contributed by atoms with Crippen LogP contribution in [-0.2, 0) is 21.4 Å². The first kappa shape index (κ1) is 28.2. The Morgan fingerprint density at radius 3 is 1.80 bits per heavy atom. The zero-order valence-corrected chi connectivity index (χ0v) is 21.6. The molecule has 0 aliphatic carbocycles. The first-order chi connectivity index (χ1) is 19.1. The number of rotatable bonds is 11. The molecule has 0 atom stereocenters. The van der Waals surface area contributed by atoms with E-state index in [0.29, 0.717) is 11.1 Å². The van der Waals surface area contributed by atoms with Crippen LogP contribution in [0.1, 0.15) is 16.7 Å². The highest BCUT2D eigenvalue weighted by molar-refractivity contribution is 7.55. The van der Waals surface area contributed by atoms with Crippen molar-refractivity contribution in [3.05, 3.63) is 142 Å². The summed E-state index contributed by atoms with van der Waals surface area (Å²) < 4.78 is 56.1. The fourth-order valence-corrected chi connectivity index (χ4v) is 5.29. The van der Waals surface area contributed by atoms with E-state index in [1.807, 2.05) is 0 Å². The Morgan fingerprint density at radius 2 is 1.35 bits per heavy atom. The third kappa shape index (κ3) is 6.59. The Morgan fingerprint density at radius 1 is 0.850 bits per heavy atom. The fourth-order valence-electron chi connectivity index (χ4n) is 3.76. The van der Waals surface area contributed by atoms with Crippen molar-refractivity contribution in [2.75, 3.05) is 0 Å². The highest BCUT2D eigenvalue weighted by Crippen LogP contribution is 2.65. The third-order valence-corrected chi connectivity index (χ3v) is 7.57. The minimum atomic E-state index is -5.21. The molecule has 0 bridgehead atoms. The van der Waals surface area contributed by atoms with Crippen molar-refractivity contribution >= 4 is 24.8 Å². The van der Waals surface area contributed by atoms with Crippen molar-refractivity contribution in [3.63, 3.8) is 0 Å². The quantitative estimate of drug-likeness (QED) is 0.0857. The number of nitrogens with zero attached hydrogens (tertiary/aromatic N) is 1. The molecule has 0 aliphatic heterocycles. The van der Waals surface area contributed by atoms with E-state index < -0.39 is 29.7 Å². The molecule has 0 spiro atoms. The number of allylic oxidation sites excluding steroid dienone is 1. The van der Waals surface area contributed by atoms with Crippen LogP contribution in [0.25, 0.3) is 5.57 Å². The van der Waals surface area contributed by atoms with E-state index in [-0.39, 0.29) is 29.2 Å². The van der Waals surface area contributed by atoms with Gasteiger partial charge in [0.2, 0.25) is 0 Å². The smallest absolute Gasteiger partial charge is 0.478 e. The maximum atomic E-state index is 15.9. The lowest BCUT2D eigenvalue weighted by molar-refractivity contribution is -0.384. The predicted molar refractivity (Wildman–Crippen MR) is 144 cm³/mol. The molecule has 1 N–H and O–H groups in total. The summed E-state index contributed by atoms with van der Waals surface area (Å²) in [5.41, 5.74) is -3.75. The summed E-state index contributed by atoms with van der Waals surface area (Å²) in [7, 11) is -5.21. The second-order valence-electron chi connectivity index (χ2n) is 8.53. The largest absolute Gasteiger partial charge is 0.504 e. The van der Waals surface area contributed by atoms with E-state index >= 15 is 8.78 Å². The third-order valence-electron chi connectivity index (χ3n) is 5.72. The van der Waals surface area contributed by atoms with Crippen molar-refractivity contribution in [2.45, 2.75) is 12.1 Å². The van der Waals surface area contributed by atoms with Gasteiger partial charge < -0.3 is 14.2 Å². The van der Waals surface area contributed by atoms with Gasteiger partial charge in [-0.3, -0.25) is 10.1 Å². The summed E-state index contributed by atoms with van der Waals surface area (Å²) in [4.78, 5) is 21.8. The summed E-state index contributed by atoms with van der Waals surface area (Å²) in [6.45, 7) is 0. The molecule has 4 aromatic carbocycles. The van der Waals surface area contributed by atoms with Crippen molar-refractivity contribution in [3.8, 4) is 11.5 Å². The Balaban J connectivity index is 1.66. The molecule has 0 radical (unpaired) electrons. The Labute approximate surface area is 227 Å². The van der Waals surface area contributed by atoms with Crippen LogP contribution >= 0.6 is 7.60 Å². The molecule has 0 unspecified atom stereocenters. The monoisotopic (exact) mass is 565 g/mol. The fraction of sp³-hybridized carbons (Fsp3) is 0.0690. The second-order valence-corrected chi connectivity index (χ2v) is 10.5. The van der Waals surface area contributed by atoms with Crippen LogP contribution in [-0.4, -0.2) is 16.0 Å². The predicted octanol–water partition coefficient (Wildman–Crippen LogP) is 7.71. The number of non-ortho nitro benzene ring substituents is 1. The van der Waals surface area contributed by atoms with Crippen molar-refractivity contribution in [1.82, 2.24) is 0 Å². The summed E-state index contributed by atoms with van der Waals surface area (Å²) in [6.07, 6.45) is 0.989. The van der Waals surface area contributed by atoms with E-state index in [1.54, 1.807) is 12.1 Å². The first-order valence-electron chi connectivity index (χ1n) is 11.8. The van der Waals surface area contributed by atoms with E-state index in [2.05, 4.69) is 0 Å². The molecule has 0 saturated heterocycles. The van der Waals surface area contributed by atoms with Gasteiger partial charge in [-0.2, -0.15) is 8.78 Å². The molecule has 0 aromatic heterocycles. The molecular formula is C29H22F2NO7P. The zero-order chi connectivity index (χ0) is 28.8. The number of benzene rings is 4. The lowest BCUT2D eigenvalue weighted by Gasteiger charge is -2.27. The van der Waals surface area contributed by atoms with Gasteiger partial charge in [-0.25, -0.2) is 9.36 Å². The van der Waals surface area contributed by atoms with Crippen LogP contribution in [0.4, 0.5) is 14.5 Å². The van der Waals surface area contributed by atoms with Crippen LogP contribution in [0.2, 0.25) is 0 Å². The Bertz CT molecular complexity index is 1510. The number of nitro groups is 1. The first-order valence-corrected chi connectivity index (χ1v) is 13.4. The maximum Gasteiger partial charge on any atom is 0.504 e. The van der Waals surface area contributed by atoms with Gasteiger partial charge in [0, 0.05) is 23.8 Å². The van der Waals surface area contributed by atoms with Gasteiger partial charge in [-0.05, 0) is 47.4 Å². The summed E-state index contributed by atoms with van der Waals surface area (Å²) >= 11 is 0. The molecule has 4 rings (SSSR count).